The van der Waals surface area contributed by atoms with Crippen LogP contribution in [0.2, 0.25) is 0 Å². The van der Waals surface area contributed by atoms with Crippen molar-refractivity contribution in [1.82, 2.24) is 4.90 Å². The van der Waals surface area contributed by atoms with Crippen molar-refractivity contribution >= 4 is 6.09 Å². The molecule has 0 saturated carbocycles. The molecule has 1 fully saturated rings. The number of nitrogens with two attached hydrogens (primary N) is 1. The lowest BCUT2D eigenvalue weighted by Gasteiger charge is -2.15. The number of amides is 1. The Bertz CT molecular complexity index is 196. The van der Waals surface area contributed by atoms with E-state index in [1.165, 1.54) is 7.11 Å². The lowest BCUT2D eigenvalue weighted by atomic mass is 10.3. The number of methoxy groups -OCH3 is 1. The summed E-state index contributed by atoms with van der Waals surface area (Å²) in [5.41, 5.74) is 5.56. The monoisotopic (exact) mass is 202 g/mol. The zero-order chi connectivity index (χ0) is 10.6. The Morgan fingerprint density at radius 1 is 1.71 bits per heavy atom. The minimum atomic E-state index is -0.281. The maximum absolute atomic E-state index is 11.1. The molecule has 5 heteroatoms. The molecule has 0 aromatic carbocycles. The van der Waals surface area contributed by atoms with Crippen LogP contribution in [-0.2, 0) is 9.47 Å². The lowest BCUT2D eigenvalue weighted by Crippen LogP contribution is -2.31. The number of nitrogens with zero attached hydrogens (tertiary/aromatic N) is 1. The number of hydrogen-bond donors (Lipinski definition) is 1. The molecular weight excluding hydrogens is 184 g/mol. The summed E-state index contributed by atoms with van der Waals surface area (Å²) in [4.78, 5) is 12.8. The highest BCUT2D eigenvalue weighted by molar-refractivity contribution is 5.67. The van der Waals surface area contributed by atoms with E-state index in [1.54, 1.807) is 4.90 Å². The van der Waals surface area contributed by atoms with Crippen LogP contribution in [-0.4, -0.2) is 49.9 Å². The van der Waals surface area contributed by atoms with Gasteiger partial charge in [-0.05, 0) is 13.3 Å². The van der Waals surface area contributed by atoms with Crippen molar-refractivity contribution in [3.05, 3.63) is 0 Å². The van der Waals surface area contributed by atoms with E-state index in [4.69, 9.17) is 10.5 Å². The molecule has 0 aromatic heterocycles. The van der Waals surface area contributed by atoms with E-state index in [-0.39, 0.29) is 18.2 Å². The van der Waals surface area contributed by atoms with Gasteiger partial charge in [0.05, 0.1) is 26.4 Å². The van der Waals surface area contributed by atoms with Gasteiger partial charge in [-0.15, -0.1) is 0 Å². The summed E-state index contributed by atoms with van der Waals surface area (Å²) in [5.74, 6) is 0. The molecule has 1 saturated heterocycles. The third-order valence-corrected chi connectivity index (χ3v) is 2.17. The van der Waals surface area contributed by atoms with Crippen LogP contribution in [0.15, 0.2) is 0 Å². The van der Waals surface area contributed by atoms with Crippen LogP contribution in [0.4, 0.5) is 4.79 Å². The third-order valence-electron chi connectivity index (χ3n) is 2.17. The van der Waals surface area contributed by atoms with Gasteiger partial charge in [-0.1, -0.05) is 0 Å². The van der Waals surface area contributed by atoms with Gasteiger partial charge in [0.2, 0.25) is 0 Å². The van der Waals surface area contributed by atoms with Crippen molar-refractivity contribution in [2.75, 3.05) is 26.8 Å². The van der Waals surface area contributed by atoms with E-state index in [1.807, 2.05) is 6.92 Å². The van der Waals surface area contributed by atoms with Gasteiger partial charge in [0, 0.05) is 12.6 Å². The molecule has 0 spiro atoms. The zero-order valence-electron chi connectivity index (χ0n) is 8.73. The second kappa shape index (κ2) is 5.17. The normalized spacial score (nSPS) is 23.6. The Balaban J connectivity index is 2.23. The average Bonchev–Trinajstić information content (AvgIpc) is 2.62. The Morgan fingerprint density at radius 3 is 3.00 bits per heavy atom. The predicted molar refractivity (Wildman–Crippen MR) is 52.0 cm³/mol. The number of carbonyl (C=O) groups excluding carboxylic acids is 1. The standard InChI is InChI=1S/C9H18N2O3/c1-7(10)6-14-8-3-4-11(5-8)9(12)13-2/h7-8H,3-6,10H2,1-2H3. The minimum Gasteiger partial charge on any atom is -0.453 e. The molecule has 5 nitrogen and oxygen atoms in total. The number of ether oxygens (including phenoxy) is 2. The summed E-state index contributed by atoms with van der Waals surface area (Å²) < 4.78 is 10.1. The van der Waals surface area contributed by atoms with Gasteiger partial charge in [0.15, 0.2) is 0 Å². The van der Waals surface area contributed by atoms with Crippen LogP contribution in [0.3, 0.4) is 0 Å². The molecule has 2 N–H and O–H groups in total. The molecule has 0 bridgehead atoms. The van der Waals surface area contributed by atoms with Crippen LogP contribution in [0, 0.1) is 0 Å². The topological polar surface area (TPSA) is 64.8 Å². The Morgan fingerprint density at radius 2 is 2.43 bits per heavy atom. The fraction of sp³-hybridized carbons (Fsp3) is 0.889. The fourth-order valence-corrected chi connectivity index (χ4v) is 1.45. The summed E-state index contributed by atoms with van der Waals surface area (Å²) in [6, 6.07) is 0.0437. The van der Waals surface area contributed by atoms with E-state index in [0.29, 0.717) is 19.7 Å². The van der Waals surface area contributed by atoms with Crippen LogP contribution in [0.5, 0.6) is 0 Å². The first-order chi connectivity index (χ1) is 6.63. The molecule has 1 rings (SSSR count). The molecular formula is C9H18N2O3. The Labute approximate surface area is 84.1 Å². The lowest BCUT2D eigenvalue weighted by molar-refractivity contribution is 0.0510. The smallest absolute Gasteiger partial charge is 0.409 e. The summed E-state index contributed by atoms with van der Waals surface area (Å²) in [6.07, 6.45) is 0.693. The Kier molecular flexibility index (Phi) is 4.16. The number of hydrogen-bond acceptors (Lipinski definition) is 4. The van der Waals surface area contributed by atoms with Crippen LogP contribution in [0.1, 0.15) is 13.3 Å². The zero-order valence-corrected chi connectivity index (χ0v) is 8.73. The van der Waals surface area contributed by atoms with Gasteiger partial charge >= 0.3 is 6.09 Å². The maximum atomic E-state index is 11.1. The first-order valence-corrected chi connectivity index (χ1v) is 4.83. The highest BCUT2D eigenvalue weighted by atomic mass is 16.5. The predicted octanol–water partition coefficient (Wildman–Crippen LogP) is 0.191. The van der Waals surface area contributed by atoms with Gasteiger partial charge in [0.1, 0.15) is 0 Å². The van der Waals surface area contributed by atoms with Crippen LogP contribution in [0.25, 0.3) is 0 Å². The van der Waals surface area contributed by atoms with Gasteiger partial charge in [0.25, 0.3) is 0 Å². The van der Waals surface area contributed by atoms with E-state index < -0.39 is 0 Å². The molecule has 0 aliphatic carbocycles. The number of carbonyl (C=O) groups is 1. The molecule has 1 aliphatic rings. The molecule has 14 heavy (non-hydrogen) atoms. The Hall–Kier alpha value is -0.810. The van der Waals surface area contributed by atoms with Gasteiger partial charge in [-0.2, -0.15) is 0 Å². The van der Waals surface area contributed by atoms with E-state index in [9.17, 15) is 4.79 Å². The maximum Gasteiger partial charge on any atom is 0.409 e. The van der Waals surface area contributed by atoms with Crippen LogP contribution >= 0.6 is 0 Å². The van der Waals surface area contributed by atoms with Crippen molar-refractivity contribution in [1.29, 1.82) is 0 Å². The van der Waals surface area contributed by atoms with E-state index >= 15 is 0 Å². The van der Waals surface area contributed by atoms with Crippen molar-refractivity contribution < 1.29 is 14.3 Å². The quantitative estimate of drug-likeness (QED) is 0.709. The molecule has 0 aromatic rings. The third kappa shape index (κ3) is 3.16. The molecule has 2 atom stereocenters. The SMILES string of the molecule is COC(=O)N1CCC(OCC(C)N)C1. The van der Waals surface area contributed by atoms with Gasteiger partial charge in [-0.3, -0.25) is 0 Å². The molecule has 1 heterocycles. The molecule has 0 radical (unpaired) electrons. The van der Waals surface area contributed by atoms with Crippen molar-refractivity contribution in [2.45, 2.75) is 25.5 Å². The second-order valence-electron chi connectivity index (χ2n) is 3.64. The number of rotatable bonds is 3. The molecule has 1 aliphatic heterocycles. The summed E-state index contributed by atoms with van der Waals surface area (Å²) in [6.45, 7) is 3.75. The van der Waals surface area contributed by atoms with Gasteiger partial charge in [-0.25, -0.2) is 4.79 Å². The first-order valence-electron chi connectivity index (χ1n) is 4.83. The summed E-state index contributed by atoms with van der Waals surface area (Å²) >= 11 is 0. The molecule has 1 amide bonds. The first kappa shape index (κ1) is 11.3. The highest BCUT2D eigenvalue weighted by Gasteiger charge is 2.27. The fourth-order valence-electron chi connectivity index (χ4n) is 1.45. The van der Waals surface area contributed by atoms with Crippen LogP contribution < -0.4 is 5.73 Å². The van der Waals surface area contributed by atoms with Gasteiger partial charge < -0.3 is 20.1 Å². The average molecular weight is 202 g/mol. The highest BCUT2D eigenvalue weighted by Crippen LogP contribution is 2.13. The van der Waals surface area contributed by atoms with E-state index in [2.05, 4.69) is 4.74 Å². The largest absolute Gasteiger partial charge is 0.453 e. The summed E-state index contributed by atoms with van der Waals surface area (Å²) in [7, 11) is 1.39. The minimum absolute atomic E-state index is 0.0437. The summed E-state index contributed by atoms with van der Waals surface area (Å²) in [5, 5.41) is 0. The van der Waals surface area contributed by atoms with Crippen molar-refractivity contribution in [3.63, 3.8) is 0 Å². The number of likely N-dealkylation sites (tertiary alicyclic amines) is 1. The second-order valence-corrected chi connectivity index (χ2v) is 3.64. The van der Waals surface area contributed by atoms with Crippen molar-refractivity contribution in [2.24, 2.45) is 5.73 Å². The molecule has 2 unspecified atom stereocenters. The van der Waals surface area contributed by atoms with Crippen molar-refractivity contribution in [3.8, 4) is 0 Å². The molecule has 82 valence electrons. The van der Waals surface area contributed by atoms with E-state index in [0.717, 1.165) is 6.42 Å².